The summed E-state index contributed by atoms with van der Waals surface area (Å²) in [6.45, 7) is 16.5. The molecule has 0 unspecified atom stereocenters. The van der Waals surface area contributed by atoms with Crippen molar-refractivity contribution in [1.29, 1.82) is 0 Å². The molecule has 118 valence electrons. The molecule has 1 rings (SSSR count). The Kier molecular flexibility index (Phi) is 5.08. The van der Waals surface area contributed by atoms with Gasteiger partial charge in [0.15, 0.2) is 0 Å². The third-order valence-corrected chi connectivity index (χ3v) is 3.17. The van der Waals surface area contributed by atoms with Gasteiger partial charge in [-0.2, -0.15) is 0 Å². The van der Waals surface area contributed by atoms with Gasteiger partial charge in [-0.25, -0.2) is 4.79 Å². The van der Waals surface area contributed by atoms with Crippen molar-refractivity contribution in [3.63, 3.8) is 0 Å². The quantitative estimate of drug-likeness (QED) is 0.555. The normalized spacial score (nSPS) is 12.4. The zero-order valence-corrected chi connectivity index (χ0v) is 14.5. The smallest absolute Gasteiger partial charge is 0.431 e. The third-order valence-electron chi connectivity index (χ3n) is 3.17. The standard InChI is InChI=1S/C18H28O3/c1-12(2)20-16(19)21-15-10-13(17(3,4)5)9-14(11-15)18(6,7)8/h9-12H,1-8H3. The van der Waals surface area contributed by atoms with Crippen molar-refractivity contribution >= 4 is 6.16 Å². The number of hydrogen-bond donors (Lipinski definition) is 0. The Morgan fingerprint density at radius 1 is 0.905 bits per heavy atom. The highest BCUT2D eigenvalue weighted by Gasteiger charge is 2.22. The van der Waals surface area contributed by atoms with Crippen LogP contribution in [0, 0.1) is 0 Å². The first kappa shape index (κ1) is 17.5. The highest BCUT2D eigenvalue weighted by atomic mass is 16.7. The molecule has 1 aromatic rings. The Labute approximate surface area is 128 Å². The molecule has 0 aromatic heterocycles. The fraction of sp³-hybridized carbons (Fsp3) is 0.611. The van der Waals surface area contributed by atoms with Gasteiger partial charge in [-0.05, 0) is 47.9 Å². The van der Waals surface area contributed by atoms with E-state index < -0.39 is 6.16 Å². The first-order chi connectivity index (χ1) is 9.39. The van der Waals surface area contributed by atoms with Crippen LogP contribution in [0.4, 0.5) is 4.79 Å². The van der Waals surface area contributed by atoms with Crippen LogP contribution in [-0.4, -0.2) is 12.3 Å². The summed E-state index contributed by atoms with van der Waals surface area (Å²) in [5, 5.41) is 0. The fourth-order valence-corrected chi connectivity index (χ4v) is 1.84. The lowest BCUT2D eigenvalue weighted by Crippen LogP contribution is -2.19. The van der Waals surface area contributed by atoms with Crippen LogP contribution in [0.15, 0.2) is 18.2 Å². The Bertz CT molecular complexity index is 470. The van der Waals surface area contributed by atoms with E-state index in [1.54, 1.807) is 13.8 Å². The van der Waals surface area contributed by atoms with Gasteiger partial charge in [0.25, 0.3) is 0 Å². The molecule has 0 heterocycles. The van der Waals surface area contributed by atoms with Gasteiger partial charge in [0.1, 0.15) is 5.75 Å². The van der Waals surface area contributed by atoms with Crippen LogP contribution in [-0.2, 0) is 15.6 Å². The van der Waals surface area contributed by atoms with E-state index in [1.165, 1.54) is 0 Å². The molecular weight excluding hydrogens is 264 g/mol. The lowest BCUT2D eigenvalue weighted by atomic mass is 9.80. The predicted molar refractivity (Wildman–Crippen MR) is 86.1 cm³/mol. The molecule has 0 bridgehead atoms. The van der Waals surface area contributed by atoms with Crippen molar-refractivity contribution < 1.29 is 14.3 Å². The zero-order chi connectivity index (χ0) is 16.4. The van der Waals surface area contributed by atoms with Crippen LogP contribution in [0.25, 0.3) is 0 Å². The van der Waals surface area contributed by atoms with Crippen molar-refractivity contribution in [3.8, 4) is 5.75 Å². The van der Waals surface area contributed by atoms with E-state index in [2.05, 4.69) is 47.6 Å². The van der Waals surface area contributed by atoms with Gasteiger partial charge in [-0.15, -0.1) is 0 Å². The summed E-state index contributed by atoms with van der Waals surface area (Å²) in [4.78, 5) is 11.7. The minimum atomic E-state index is -0.657. The molecule has 0 saturated carbocycles. The Hall–Kier alpha value is -1.51. The molecule has 0 saturated heterocycles. The largest absolute Gasteiger partial charge is 0.514 e. The first-order valence-corrected chi connectivity index (χ1v) is 7.44. The molecule has 0 atom stereocenters. The van der Waals surface area contributed by atoms with Crippen molar-refractivity contribution in [2.75, 3.05) is 0 Å². The number of benzene rings is 1. The van der Waals surface area contributed by atoms with Crippen molar-refractivity contribution in [2.45, 2.75) is 72.3 Å². The lowest BCUT2D eigenvalue weighted by molar-refractivity contribution is 0.0728. The molecule has 21 heavy (non-hydrogen) atoms. The van der Waals surface area contributed by atoms with E-state index in [1.807, 2.05) is 12.1 Å². The molecule has 0 aliphatic carbocycles. The van der Waals surface area contributed by atoms with Crippen LogP contribution >= 0.6 is 0 Å². The van der Waals surface area contributed by atoms with Crippen LogP contribution in [0.1, 0.15) is 66.5 Å². The zero-order valence-electron chi connectivity index (χ0n) is 14.5. The highest BCUT2D eigenvalue weighted by molar-refractivity contribution is 5.64. The molecule has 0 amide bonds. The number of rotatable bonds is 2. The van der Waals surface area contributed by atoms with Crippen LogP contribution in [0.5, 0.6) is 5.75 Å². The molecule has 0 fully saturated rings. The summed E-state index contributed by atoms with van der Waals surface area (Å²) in [6, 6.07) is 6.01. The number of carbonyl (C=O) groups excluding carboxylic acids is 1. The summed E-state index contributed by atoms with van der Waals surface area (Å²) < 4.78 is 10.4. The molecule has 0 N–H and O–H groups in total. The second kappa shape index (κ2) is 6.08. The molecule has 0 aliphatic heterocycles. The van der Waals surface area contributed by atoms with Crippen molar-refractivity contribution in [3.05, 3.63) is 29.3 Å². The Morgan fingerprint density at radius 2 is 1.33 bits per heavy atom. The van der Waals surface area contributed by atoms with Gasteiger partial charge in [-0.3, -0.25) is 0 Å². The van der Waals surface area contributed by atoms with E-state index in [4.69, 9.17) is 9.47 Å². The van der Waals surface area contributed by atoms with Gasteiger partial charge >= 0.3 is 6.16 Å². The van der Waals surface area contributed by atoms with Gasteiger partial charge in [0.2, 0.25) is 0 Å². The van der Waals surface area contributed by atoms with Gasteiger partial charge < -0.3 is 9.47 Å². The Balaban J connectivity index is 3.17. The van der Waals surface area contributed by atoms with E-state index in [0.717, 1.165) is 11.1 Å². The molecule has 0 aliphatic rings. The second-order valence-corrected chi connectivity index (χ2v) is 7.76. The minimum absolute atomic E-state index is 0.0126. The maximum atomic E-state index is 11.7. The highest BCUT2D eigenvalue weighted by Crippen LogP contribution is 2.33. The van der Waals surface area contributed by atoms with Crippen LogP contribution < -0.4 is 4.74 Å². The van der Waals surface area contributed by atoms with E-state index in [9.17, 15) is 4.79 Å². The van der Waals surface area contributed by atoms with Gasteiger partial charge in [-0.1, -0.05) is 47.6 Å². The van der Waals surface area contributed by atoms with Gasteiger partial charge in [0.05, 0.1) is 6.10 Å². The number of hydrogen-bond acceptors (Lipinski definition) is 3. The first-order valence-electron chi connectivity index (χ1n) is 7.44. The van der Waals surface area contributed by atoms with Crippen LogP contribution in [0.2, 0.25) is 0 Å². The SMILES string of the molecule is CC(C)OC(=O)Oc1cc(C(C)(C)C)cc(C(C)(C)C)c1. The van der Waals surface area contributed by atoms with Gasteiger partial charge in [0, 0.05) is 0 Å². The molecular formula is C18H28O3. The monoisotopic (exact) mass is 292 g/mol. The summed E-state index contributed by atoms with van der Waals surface area (Å²) in [5.41, 5.74) is 2.26. The topological polar surface area (TPSA) is 35.5 Å². The minimum Gasteiger partial charge on any atom is -0.431 e. The van der Waals surface area contributed by atoms with Crippen molar-refractivity contribution in [2.24, 2.45) is 0 Å². The summed E-state index contributed by atoms with van der Waals surface area (Å²) >= 11 is 0. The van der Waals surface area contributed by atoms with Crippen LogP contribution in [0.3, 0.4) is 0 Å². The maximum absolute atomic E-state index is 11.7. The van der Waals surface area contributed by atoms with E-state index in [-0.39, 0.29) is 16.9 Å². The Morgan fingerprint density at radius 3 is 1.67 bits per heavy atom. The number of ether oxygens (including phenoxy) is 2. The third kappa shape index (κ3) is 5.41. The predicted octanol–water partition coefficient (Wildman–Crippen LogP) is 5.21. The molecule has 1 aromatic carbocycles. The van der Waals surface area contributed by atoms with Crippen molar-refractivity contribution in [1.82, 2.24) is 0 Å². The molecule has 3 nitrogen and oxygen atoms in total. The molecule has 0 spiro atoms. The molecule has 3 heteroatoms. The van der Waals surface area contributed by atoms with E-state index in [0.29, 0.717) is 5.75 Å². The summed E-state index contributed by atoms with van der Waals surface area (Å²) in [7, 11) is 0. The fourth-order valence-electron chi connectivity index (χ4n) is 1.84. The average Bonchev–Trinajstić information content (AvgIpc) is 2.24. The summed E-state index contributed by atoms with van der Waals surface area (Å²) in [5.74, 6) is 0.540. The number of carbonyl (C=O) groups is 1. The second-order valence-electron chi connectivity index (χ2n) is 7.76. The summed E-state index contributed by atoms with van der Waals surface area (Å²) in [6.07, 6.45) is -0.846. The lowest BCUT2D eigenvalue weighted by Gasteiger charge is -2.25. The van der Waals surface area contributed by atoms with E-state index >= 15 is 0 Å². The molecule has 0 radical (unpaired) electrons. The maximum Gasteiger partial charge on any atom is 0.514 e. The average molecular weight is 292 g/mol.